The summed E-state index contributed by atoms with van der Waals surface area (Å²) < 4.78 is 5.64. The van der Waals surface area contributed by atoms with Gasteiger partial charge in [0.2, 0.25) is 0 Å². The molecule has 1 fully saturated rings. The Labute approximate surface area is 110 Å². The molecule has 0 amide bonds. The van der Waals surface area contributed by atoms with Crippen LogP contribution in [0.5, 0.6) is 0 Å². The third-order valence-corrected chi connectivity index (χ3v) is 4.49. The van der Waals surface area contributed by atoms with Crippen molar-refractivity contribution in [2.45, 2.75) is 51.2 Å². The number of ether oxygens (including phenoxy) is 1. The van der Waals surface area contributed by atoms with Gasteiger partial charge >= 0.3 is 0 Å². The van der Waals surface area contributed by atoms with Gasteiger partial charge in [0.1, 0.15) is 0 Å². The van der Waals surface area contributed by atoms with Crippen LogP contribution in [0.2, 0.25) is 0 Å². The maximum Gasteiger partial charge on any atom is 0.0551 e. The van der Waals surface area contributed by atoms with Crippen molar-refractivity contribution in [1.82, 2.24) is 0 Å². The van der Waals surface area contributed by atoms with Crippen molar-refractivity contribution in [2.24, 2.45) is 11.7 Å². The molecule has 98 valence electrons. The zero-order valence-electron chi connectivity index (χ0n) is 11.2. The number of fused-ring (bicyclic) bond motifs is 1. The van der Waals surface area contributed by atoms with Crippen LogP contribution in [0.25, 0.3) is 0 Å². The van der Waals surface area contributed by atoms with Gasteiger partial charge in [0, 0.05) is 12.0 Å². The van der Waals surface area contributed by atoms with Gasteiger partial charge in [-0.3, -0.25) is 0 Å². The third kappa shape index (κ3) is 2.32. The maximum absolute atomic E-state index is 6.42. The first-order valence-electron chi connectivity index (χ1n) is 7.23. The van der Waals surface area contributed by atoms with E-state index in [-0.39, 0.29) is 6.04 Å². The van der Waals surface area contributed by atoms with E-state index in [2.05, 4.69) is 25.1 Å². The van der Waals surface area contributed by atoms with E-state index >= 15 is 0 Å². The van der Waals surface area contributed by atoms with Crippen LogP contribution >= 0.6 is 0 Å². The largest absolute Gasteiger partial charge is 0.378 e. The quantitative estimate of drug-likeness (QED) is 0.869. The number of aryl methyl sites for hydroxylation is 2. The molecule has 0 saturated carbocycles. The predicted octanol–water partition coefficient (Wildman–Crippen LogP) is 2.99. The van der Waals surface area contributed by atoms with Crippen molar-refractivity contribution in [3.63, 3.8) is 0 Å². The molecular weight excluding hydrogens is 222 g/mol. The fraction of sp³-hybridized carbons (Fsp3) is 0.625. The van der Waals surface area contributed by atoms with Crippen molar-refractivity contribution < 1.29 is 4.74 Å². The standard InChI is InChI=1S/C16H23NO/c1-11-8-15(10-18-11)16(17)14-7-6-12-4-2-3-5-13(12)9-14/h6-7,9,11,15-16H,2-5,8,10,17H2,1H3. The van der Waals surface area contributed by atoms with E-state index < -0.39 is 0 Å². The second-order valence-corrected chi connectivity index (χ2v) is 5.90. The molecule has 0 spiro atoms. The van der Waals surface area contributed by atoms with E-state index in [4.69, 9.17) is 10.5 Å². The monoisotopic (exact) mass is 245 g/mol. The molecule has 1 aromatic rings. The Balaban J connectivity index is 1.79. The molecule has 2 N–H and O–H groups in total. The van der Waals surface area contributed by atoms with Gasteiger partial charge < -0.3 is 10.5 Å². The van der Waals surface area contributed by atoms with Crippen LogP contribution in [0, 0.1) is 5.92 Å². The minimum Gasteiger partial charge on any atom is -0.378 e. The molecule has 2 heteroatoms. The molecule has 3 unspecified atom stereocenters. The Hall–Kier alpha value is -0.860. The molecule has 2 nitrogen and oxygen atoms in total. The number of benzene rings is 1. The van der Waals surface area contributed by atoms with E-state index in [0.717, 1.165) is 13.0 Å². The molecule has 1 heterocycles. The summed E-state index contributed by atoms with van der Waals surface area (Å²) in [7, 11) is 0. The molecular formula is C16H23NO. The van der Waals surface area contributed by atoms with Gasteiger partial charge in [-0.25, -0.2) is 0 Å². The molecule has 1 saturated heterocycles. The van der Waals surface area contributed by atoms with Crippen LogP contribution in [-0.4, -0.2) is 12.7 Å². The van der Waals surface area contributed by atoms with E-state index in [1.807, 2.05) is 0 Å². The maximum atomic E-state index is 6.42. The Morgan fingerprint density at radius 2 is 2.00 bits per heavy atom. The fourth-order valence-electron chi connectivity index (χ4n) is 3.33. The average molecular weight is 245 g/mol. The summed E-state index contributed by atoms with van der Waals surface area (Å²) in [5.74, 6) is 0.488. The number of nitrogens with two attached hydrogens (primary N) is 1. The summed E-state index contributed by atoms with van der Waals surface area (Å²) in [4.78, 5) is 0. The number of hydrogen-bond acceptors (Lipinski definition) is 2. The van der Waals surface area contributed by atoms with Crippen molar-refractivity contribution in [3.05, 3.63) is 34.9 Å². The second kappa shape index (κ2) is 5.02. The van der Waals surface area contributed by atoms with Gasteiger partial charge in [-0.2, -0.15) is 0 Å². The summed E-state index contributed by atoms with van der Waals surface area (Å²) in [6.07, 6.45) is 6.61. The third-order valence-electron chi connectivity index (χ3n) is 4.49. The van der Waals surface area contributed by atoms with Crippen LogP contribution in [0.15, 0.2) is 18.2 Å². The van der Waals surface area contributed by atoms with Crippen molar-refractivity contribution in [2.75, 3.05) is 6.61 Å². The van der Waals surface area contributed by atoms with E-state index in [0.29, 0.717) is 12.0 Å². The SMILES string of the molecule is CC1CC(C(N)c2ccc3c(c2)CCCC3)CO1. The first-order valence-corrected chi connectivity index (χ1v) is 7.23. The lowest BCUT2D eigenvalue weighted by Crippen LogP contribution is -2.22. The molecule has 1 aliphatic carbocycles. The van der Waals surface area contributed by atoms with Crippen molar-refractivity contribution in [3.8, 4) is 0 Å². The summed E-state index contributed by atoms with van der Waals surface area (Å²) in [6, 6.07) is 7.02. The highest BCUT2D eigenvalue weighted by molar-refractivity contribution is 5.35. The highest BCUT2D eigenvalue weighted by Crippen LogP contribution is 2.32. The minimum atomic E-state index is 0.141. The van der Waals surface area contributed by atoms with E-state index in [9.17, 15) is 0 Å². The predicted molar refractivity (Wildman–Crippen MR) is 73.5 cm³/mol. The van der Waals surface area contributed by atoms with Crippen molar-refractivity contribution >= 4 is 0 Å². The smallest absolute Gasteiger partial charge is 0.0551 e. The first kappa shape index (κ1) is 12.2. The van der Waals surface area contributed by atoms with Gasteiger partial charge in [-0.1, -0.05) is 18.2 Å². The fourth-order valence-corrected chi connectivity index (χ4v) is 3.33. The minimum absolute atomic E-state index is 0.141. The van der Waals surface area contributed by atoms with Crippen molar-refractivity contribution in [1.29, 1.82) is 0 Å². The highest BCUT2D eigenvalue weighted by atomic mass is 16.5. The van der Waals surface area contributed by atoms with E-state index in [1.54, 1.807) is 0 Å². The topological polar surface area (TPSA) is 35.2 Å². The number of hydrogen-bond donors (Lipinski definition) is 1. The molecule has 0 bridgehead atoms. The molecule has 2 aliphatic rings. The normalized spacial score (nSPS) is 29.0. The molecule has 3 rings (SSSR count). The molecule has 0 aromatic heterocycles. The highest BCUT2D eigenvalue weighted by Gasteiger charge is 2.28. The zero-order valence-corrected chi connectivity index (χ0v) is 11.2. The summed E-state index contributed by atoms with van der Waals surface area (Å²) in [6.45, 7) is 2.96. The Morgan fingerprint density at radius 1 is 1.22 bits per heavy atom. The summed E-state index contributed by atoms with van der Waals surface area (Å²) in [5, 5.41) is 0. The molecule has 3 atom stereocenters. The van der Waals surface area contributed by atoms with Gasteiger partial charge in [-0.15, -0.1) is 0 Å². The van der Waals surface area contributed by atoms with Crippen LogP contribution in [0.3, 0.4) is 0 Å². The van der Waals surface area contributed by atoms with Gasteiger partial charge in [0.25, 0.3) is 0 Å². The Kier molecular flexibility index (Phi) is 3.40. The lowest BCUT2D eigenvalue weighted by Gasteiger charge is -2.22. The van der Waals surface area contributed by atoms with Crippen LogP contribution < -0.4 is 5.73 Å². The molecule has 1 aromatic carbocycles. The molecule has 18 heavy (non-hydrogen) atoms. The second-order valence-electron chi connectivity index (χ2n) is 5.90. The molecule has 1 aliphatic heterocycles. The van der Waals surface area contributed by atoms with Crippen LogP contribution in [0.4, 0.5) is 0 Å². The lowest BCUT2D eigenvalue weighted by molar-refractivity contribution is 0.118. The van der Waals surface area contributed by atoms with Crippen LogP contribution in [0.1, 0.15) is 48.9 Å². The average Bonchev–Trinajstić information content (AvgIpc) is 2.84. The van der Waals surface area contributed by atoms with Gasteiger partial charge in [0.05, 0.1) is 12.7 Å². The first-order chi connectivity index (χ1) is 8.74. The van der Waals surface area contributed by atoms with E-state index in [1.165, 1.54) is 42.4 Å². The summed E-state index contributed by atoms with van der Waals surface area (Å²) in [5.41, 5.74) is 10.8. The Bertz CT molecular complexity index is 429. The Morgan fingerprint density at radius 3 is 2.72 bits per heavy atom. The number of rotatable bonds is 2. The zero-order chi connectivity index (χ0) is 12.5. The molecule has 0 radical (unpaired) electrons. The van der Waals surface area contributed by atoms with Crippen LogP contribution in [-0.2, 0) is 17.6 Å². The van der Waals surface area contributed by atoms with Gasteiger partial charge in [-0.05, 0) is 55.7 Å². The van der Waals surface area contributed by atoms with Gasteiger partial charge in [0.15, 0.2) is 0 Å². The lowest BCUT2D eigenvalue weighted by atomic mass is 9.86. The summed E-state index contributed by atoms with van der Waals surface area (Å²) >= 11 is 0.